The van der Waals surface area contributed by atoms with Gasteiger partial charge >= 0.3 is 0 Å². The third-order valence-electron chi connectivity index (χ3n) is 11.0. The van der Waals surface area contributed by atoms with E-state index < -0.39 is 5.50 Å². The number of halogens is 2. The summed E-state index contributed by atoms with van der Waals surface area (Å²) in [5, 5.41) is 10.1. The number of alkyl halides is 1. The fourth-order valence-corrected chi connectivity index (χ4v) is 8.68. The van der Waals surface area contributed by atoms with E-state index in [2.05, 4.69) is 46.9 Å². The predicted octanol–water partition coefficient (Wildman–Crippen LogP) is 9.87. The van der Waals surface area contributed by atoms with E-state index in [1.807, 2.05) is 74.6 Å². The fourth-order valence-electron chi connectivity index (χ4n) is 8.27. The third-order valence-corrected chi connectivity index (χ3v) is 12.2. The van der Waals surface area contributed by atoms with Crippen molar-refractivity contribution in [2.45, 2.75) is 59.0 Å². The van der Waals surface area contributed by atoms with Crippen molar-refractivity contribution in [1.29, 1.82) is 0 Å². The van der Waals surface area contributed by atoms with Gasteiger partial charge in [-0.25, -0.2) is 0 Å². The van der Waals surface area contributed by atoms with Crippen LogP contribution in [0.4, 0.5) is 11.4 Å². The number of amides is 2. The summed E-state index contributed by atoms with van der Waals surface area (Å²) in [6, 6.07) is 18.9. The SMILES string of the molecule is Cc1cc(OCCCc2c3n(c4c(-c5c(C)nn(C)c5C)cccc24)[C@H](C)C(Cl)N(c2cn(C)c4ccc(C(=O)Nc5cccnc5)cc24)C3=O)cc(C)c1Cl. The number of anilines is 2. The number of aromatic nitrogens is 5. The van der Waals surface area contributed by atoms with Crippen LogP contribution in [0.5, 0.6) is 5.75 Å². The Bertz CT molecular complexity index is 2670. The number of para-hydroxylation sites is 1. The number of carbonyl (C=O) groups is 2. The number of ether oxygens (including phenoxy) is 1. The second-order valence-corrected chi connectivity index (χ2v) is 15.6. The van der Waals surface area contributed by atoms with Crippen LogP contribution < -0.4 is 15.0 Å². The summed E-state index contributed by atoms with van der Waals surface area (Å²) in [4.78, 5) is 34.5. The zero-order valence-corrected chi connectivity index (χ0v) is 34.0. The van der Waals surface area contributed by atoms with E-state index in [0.29, 0.717) is 42.1 Å². The minimum atomic E-state index is -0.749. The van der Waals surface area contributed by atoms with E-state index in [0.717, 1.165) is 71.8 Å². The number of benzene rings is 3. The van der Waals surface area contributed by atoms with Crippen LogP contribution >= 0.6 is 23.2 Å². The van der Waals surface area contributed by atoms with Gasteiger partial charge in [-0.15, -0.1) is 0 Å². The van der Waals surface area contributed by atoms with E-state index in [9.17, 15) is 4.79 Å². The molecule has 4 aromatic heterocycles. The summed E-state index contributed by atoms with van der Waals surface area (Å²) in [6.07, 6.45) is 6.43. The van der Waals surface area contributed by atoms with E-state index >= 15 is 4.79 Å². The van der Waals surface area contributed by atoms with Gasteiger partial charge in [0.25, 0.3) is 11.8 Å². The molecule has 5 heterocycles. The number of hydrogen-bond acceptors (Lipinski definition) is 5. The molecule has 0 saturated carbocycles. The molecule has 1 unspecified atom stereocenters. The van der Waals surface area contributed by atoms with Gasteiger partial charge in [-0.3, -0.25) is 24.2 Å². The van der Waals surface area contributed by atoms with Crippen molar-refractivity contribution < 1.29 is 14.3 Å². The van der Waals surface area contributed by atoms with Gasteiger partial charge < -0.3 is 19.2 Å². The van der Waals surface area contributed by atoms with Gasteiger partial charge in [0.1, 0.15) is 16.9 Å². The van der Waals surface area contributed by atoms with Crippen LogP contribution in [0.1, 0.15) is 68.3 Å². The van der Waals surface area contributed by atoms with E-state index in [1.54, 1.807) is 35.5 Å². The number of nitrogens with zero attached hydrogens (tertiary/aromatic N) is 6. The molecule has 1 aliphatic rings. The molecule has 0 radical (unpaired) electrons. The average molecular weight is 789 g/mol. The summed E-state index contributed by atoms with van der Waals surface area (Å²) in [6.45, 7) is 10.6. The molecule has 286 valence electrons. The van der Waals surface area contributed by atoms with Crippen LogP contribution in [0.2, 0.25) is 5.02 Å². The summed E-state index contributed by atoms with van der Waals surface area (Å²) in [5.41, 5.74) is 10.2. The molecule has 3 aromatic carbocycles. The molecule has 0 fully saturated rings. The maximum absolute atomic E-state index is 15.3. The van der Waals surface area contributed by atoms with Crippen molar-refractivity contribution in [3.63, 3.8) is 0 Å². The molecule has 1 N–H and O–H groups in total. The van der Waals surface area contributed by atoms with E-state index in [-0.39, 0.29) is 17.9 Å². The largest absolute Gasteiger partial charge is 0.494 e. The lowest BCUT2D eigenvalue weighted by Crippen LogP contribution is -2.47. The zero-order valence-electron chi connectivity index (χ0n) is 32.4. The van der Waals surface area contributed by atoms with Crippen LogP contribution in [0.15, 0.2) is 79.3 Å². The quantitative estimate of drug-likeness (QED) is 0.0893. The second-order valence-electron chi connectivity index (χ2n) is 14.7. The van der Waals surface area contributed by atoms with Crippen molar-refractivity contribution in [1.82, 2.24) is 23.9 Å². The molecule has 12 heteroatoms. The minimum absolute atomic E-state index is 0.206. The van der Waals surface area contributed by atoms with E-state index in [1.165, 1.54) is 0 Å². The van der Waals surface area contributed by atoms with Crippen molar-refractivity contribution >= 4 is 68.2 Å². The molecule has 0 spiro atoms. The van der Waals surface area contributed by atoms with Gasteiger partial charge in [0, 0.05) is 70.2 Å². The Morgan fingerprint density at radius 1 is 0.982 bits per heavy atom. The third kappa shape index (κ3) is 6.21. The molecule has 0 saturated heterocycles. The molecule has 0 aliphatic carbocycles. The molecule has 10 nitrogen and oxygen atoms in total. The number of nitrogens with one attached hydrogen (secondary N) is 1. The average Bonchev–Trinajstić information content (AvgIpc) is 3.78. The number of carbonyl (C=O) groups excluding carboxylic acids is 2. The Morgan fingerprint density at radius 3 is 2.45 bits per heavy atom. The first kappa shape index (κ1) is 37.3. The number of pyridine rings is 1. The first-order chi connectivity index (χ1) is 26.8. The van der Waals surface area contributed by atoms with Gasteiger partial charge in [-0.2, -0.15) is 5.10 Å². The molecule has 8 rings (SSSR count). The highest BCUT2D eigenvalue weighted by molar-refractivity contribution is 6.32. The molecule has 1 aliphatic heterocycles. The van der Waals surface area contributed by atoms with Crippen molar-refractivity contribution in [2.24, 2.45) is 14.1 Å². The zero-order chi connectivity index (χ0) is 39.6. The van der Waals surface area contributed by atoms with Crippen LogP contribution in [0, 0.1) is 27.7 Å². The highest BCUT2D eigenvalue weighted by Gasteiger charge is 2.42. The van der Waals surface area contributed by atoms with Crippen molar-refractivity contribution in [3.8, 4) is 16.9 Å². The summed E-state index contributed by atoms with van der Waals surface area (Å²) < 4.78 is 12.3. The highest BCUT2D eigenvalue weighted by Crippen LogP contribution is 2.46. The number of hydrogen-bond donors (Lipinski definition) is 1. The van der Waals surface area contributed by atoms with Gasteiger partial charge in [0.15, 0.2) is 0 Å². The van der Waals surface area contributed by atoms with Gasteiger partial charge in [-0.1, -0.05) is 41.4 Å². The topological polar surface area (TPSA) is 99.2 Å². The van der Waals surface area contributed by atoms with E-state index in [4.69, 9.17) is 33.0 Å². The Morgan fingerprint density at radius 2 is 1.75 bits per heavy atom. The first-order valence-corrected chi connectivity index (χ1v) is 19.5. The standard InChI is InChI=1S/C44H43Cl2N7O3/c1-24-19-31(20-25(2)39(24)45)56-18-10-14-33-32-12-8-13-34(38-26(3)49-51(7)27(38)4)40(32)52-28(5)42(46)53(44(55)41(33)52)37-23-50(6)36-16-15-29(21-35(36)37)43(54)48-30-11-9-17-47-22-30/h8-9,11-13,15-17,19-23,28,42H,10,14,18H2,1-7H3,(H,48,54)/t28-,42?/m1/s1. The van der Waals surface area contributed by atoms with Crippen LogP contribution in [0.25, 0.3) is 32.9 Å². The van der Waals surface area contributed by atoms with Gasteiger partial charge in [-0.05, 0) is 107 Å². The number of fused-ring (bicyclic) bond motifs is 4. The minimum Gasteiger partial charge on any atom is -0.494 e. The lowest BCUT2D eigenvalue weighted by molar-refractivity contribution is 0.0950. The number of rotatable bonds is 9. The monoisotopic (exact) mass is 787 g/mol. The lowest BCUT2D eigenvalue weighted by Gasteiger charge is -2.38. The predicted molar refractivity (Wildman–Crippen MR) is 225 cm³/mol. The first-order valence-electron chi connectivity index (χ1n) is 18.7. The van der Waals surface area contributed by atoms with Crippen LogP contribution in [-0.2, 0) is 20.5 Å². The fraction of sp³-hybridized carbons (Fsp3) is 0.273. The second kappa shape index (κ2) is 14.5. The highest BCUT2D eigenvalue weighted by atomic mass is 35.5. The molecule has 56 heavy (non-hydrogen) atoms. The van der Waals surface area contributed by atoms with Gasteiger partial charge in [0.2, 0.25) is 0 Å². The van der Waals surface area contributed by atoms with Gasteiger partial charge in [0.05, 0.1) is 41.4 Å². The molecule has 7 aromatic rings. The smallest absolute Gasteiger partial charge is 0.276 e. The Balaban J connectivity index is 1.23. The Hall–Kier alpha value is -5.58. The maximum Gasteiger partial charge on any atom is 0.276 e. The molecule has 2 amide bonds. The molecular weight excluding hydrogens is 745 g/mol. The Kier molecular flexibility index (Phi) is 9.66. The lowest BCUT2D eigenvalue weighted by atomic mass is 9.98. The normalized spacial score (nSPS) is 15.5. The molecule has 0 bridgehead atoms. The number of aryl methyl sites for hydroxylation is 6. The van der Waals surface area contributed by atoms with Crippen LogP contribution in [0.3, 0.4) is 0 Å². The van der Waals surface area contributed by atoms with Crippen LogP contribution in [-0.4, -0.2) is 47.8 Å². The Labute approximate surface area is 335 Å². The van der Waals surface area contributed by atoms with Crippen molar-refractivity contribution in [3.05, 3.63) is 124 Å². The summed E-state index contributed by atoms with van der Waals surface area (Å²) >= 11 is 13.9. The summed E-state index contributed by atoms with van der Waals surface area (Å²) in [7, 11) is 3.88. The molecular formula is C44H43Cl2N7O3. The van der Waals surface area contributed by atoms with Crippen molar-refractivity contribution in [2.75, 3.05) is 16.8 Å². The molecule has 2 atom stereocenters. The maximum atomic E-state index is 15.3. The summed E-state index contributed by atoms with van der Waals surface area (Å²) in [5.74, 6) is 0.281.